The first-order chi connectivity index (χ1) is 15.9. The summed E-state index contributed by atoms with van der Waals surface area (Å²) in [4.78, 5) is 35.8. The molecule has 0 saturated carbocycles. The number of rotatable bonds is 4. The molecule has 3 aromatic rings. The minimum atomic E-state index is -0.128. The fourth-order valence-corrected chi connectivity index (χ4v) is 4.54. The van der Waals surface area contributed by atoms with Crippen LogP contribution in [0, 0.1) is 5.41 Å². The summed E-state index contributed by atoms with van der Waals surface area (Å²) in [5, 5.41) is 4.00. The zero-order valence-electron chi connectivity index (χ0n) is 18.8. The number of fused-ring (bicyclic) bond motifs is 1. The number of nitrogens with zero attached hydrogens (tertiary/aromatic N) is 6. The number of aromatic nitrogens is 4. The molecule has 1 aromatic carbocycles. The number of hydrogen-bond donors (Lipinski definition) is 1. The molecular weight excluding hydrogens is 438 g/mol. The highest BCUT2D eigenvalue weighted by molar-refractivity contribution is 6.30. The van der Waals surface area contributed by atoms with Crippen LogP contribution < -0.4 is 15.1 Å². The number of anilines is 4. The third-order valence-corrected chi connectivity index (χ3v) is 6.29. The molecule has 1 N–H and O–H groups in total. The Labute approximate surface area is 198 Å². The SMILES string of the molecule is CC1(C)CC(=O)c2c(nc(N3CCN(c4ncccn4)CC3)nc2Nc2ccc(Cl)cc2)C1. The first kappa shape index (κ1) is 21.6. The Morgan fingerprint density at radius 3 is 2.21 bits per heavy atom. The zero-order chi connectivity index (χ0) is 23.0. The Balaban J connectivity index is 1.45. The van der Waals surface area contributed by atoms with Crippen molar-refractivity contribution in [2.75, 3.05) is 41.3 Å². The molecule has 1 aliphatic heterocycles. The van der Waals surface area contributed by atoms with Gasteiger partial charge in [-0.1, -0.05) is 25.4 Å². The molecule has 2 aliphatic rings. The maximum absolute atomic E-state index is 13.1. The monoisotopic (exact) mass is 463 g/mol. The molecule has 0 bridgehead atoms. The van der Waals surface area contributed by atoms with Gasteiger partial charge in [0.2, 0.25) is 11.9 Å². The van der Waals surface area contributed by atoms with Crippen molar-refractivity contribution in [3.8, 4) is 0 Å². The lowest BCUT2D eigenvalue weighted by atomic mass is 9.75. The summed E-state index contributed by atoms with van der Waals surface area (Å²) in [5.74, 6) is 2.02. The second-order valence-corrected chi connectivity index (χ2v) is 9.73. The number of carbonyl (C=O) groups is 1. The third-order valence-electron chi connectivity index (χ3n) is 6.04. The molecule has 3 heterocycles. The molecular formula is C24H26ClN7O. The van der Waals surface area contributed by atoms with E-state index in [9.17, 15) is 4.79 Å². The van der Waals surface area contributed by atoms with Gasteiger partial charge in [-0.2, -0.15) is 4.98 Å². The van der Waals surface area contributed by atoms with Gasteiger partial charge >= 0.3 is 0 Å². The van der Waals surface area contributed by atoms with Crippen molar-refractivity contribution in [1.29, 1.82) is 0 Å². The maximum Gasteiger partial charge on any atom is 0.227 e. The predicted octanol–water partition coefficient (Wildman–Crippen LogP) is 4.15. The van der Waals surface area contributed by atoms with Crippen LogP contribution in [0.15, 0.2) is 42.7 Å². The van der Waals surface area contributed by atoms with Crippen molar-refractivity contribution in [2.24, 2.45) is 5.41 Å². The highest BCUT2D eigenvalue weighted by Gasteiger charge is 2.35. The summed E-state index contributed by atoms with van der Waals surface area (Å²) in [5.41, 5.74) is 2.11. The van der Waals surface area contributed by atoms with Crippen molar-refractivity contribution in [3.05, 3.63) is 59.0 Å². The molecule has 0 atom stereocenters. The van der Waals surface area contributed by atoms with Crippen molar-refractivity contribution < 1.29 is 4.79 Å². The van der Waals surface area contributed by atoms with Crippen LogP contribution in [0.4, 0.5) is 23.4 Å². The number of ketones is 1. The van der Waals surface area contributed by atoms with Gasteiger partial charge in [0, 0.05) is 55.7 Å². The van der Waals surface area contributed by atoms with Crippen LogP contribution in [0.25, 0.3) is 0 Å². The van der Waals surface area contributed by atoms with E-state index in [0.29, 0.717) is 28.8 Å². The van der Waals surface area contributed by atoms with Gasteiger partial charge in [0.05, 0.1) is 11.3 Å². The van der Waals surface area contributed by atoms with Crippen LogP contribution in [-0.2, 0) is 6.42 Å². The van der Waals surface area contributed by atoms with Gasteiger partial charge in [-0.25, -0.2) is 15.0 Å². The van der Waals surface area contributed by atoms with Gasteiger partial charge in [-0.05, 0) is 42.2 Å². The maximum atomic E-state index is 13.1. The molecule has 33 heavy (non-hydrogen) atoms. The van der Waals surface area contributed by atoms with Crippen molar-refractivity contribution in [1.82, 2.24) is 19.9 Å². The van der Waals surface area contributed by atoms with E-state index in [4.69, 9.17) is 21.6 Å². The van der Waals surface area contributed by atoms with E-state index >= 15 is 0 Å². The van der Waals surface area contributed by atoms with E-state index in [-0.39, 0.29) is 11.2 Å². The minimum Gasteiger partial charge on any atom is -0.339 e. The standard InChI is InChI=1S/C24H26ClN7O/c1-24(2)14-18-20(19(33)15-24)21(28-17-6-4-16(25)5-7-17)30-23(29-18)32-12-10-31(11-13-32)22-26-8-3-9-27-22/h3-9H,10-15H2,1-2H3,(H,28,29,30). The number of Topliss-reactive ketones (excluding diaryl/α,β-unsaturated/α-hetero) is 1. The van der Waals surface area contributed by atoms with E-state index in [0.717, 1.165) is 49.9 Å². The molecule has 0 unspecified atom stereocenters. The number of carbonyl (C=O) groups excluding carboxylic acids is 1. The lowest BCUT2D eigenvalue weighted by Gasteiger charge is -2.36. The number of nitrogens with one attached hydrogen (secondary N) is 1. The topological polar surface area (TPSA) is 87.1 Å². The van der Waals surface area contributed by atoms with Crippen molar-refractivity contribution in [3.63, 3.8) is 0 Å². The molecule has 8 nitrogen and oxygen atoms in total. The summed E-state index contributed by atoms with van der Waals surface area (Å²) in [6.45, 7) is 7.26. The molecule has 1 aliphatic carbocycles. The van der Waals surface area contributed by atoms with Crippen molar-refractivity contribution in [2.45, 2.75) is 26.7 Å². The molecule has 0 spiro atoms. The molecule has 0 amide bonds. The van der Waals surface area contributed by atoms with Crippen LogP contribution >= 0.6 is 11.6 Å². The average Bonchev–Trinajstić information content (AvgIpc) is 2.80. The normalized spacial score (nSPS) is 17.6. The number of halogens is 1. The Bertz CT molecular complexity index is 1160. The van der Waals surface area contributed by atoms with Crippen LogP contribution in [0.1, 0.15) is 36.3 Å². The minimum absolute atomic E-state index is 0.0790. The zero-order valence-corrected chi connectivity index (χ0v) is 19.5. The smallest absolute Gasteiger partial charge is 0.227 e. The Morgan fingerprint density at radius 1 is 0.909 bits per heavy atom. The van der Waals surface area contributed by atoms with Crippen LogP contribution in [0.2, 0.25) is 5.02 Å². The average molecular weight is 464 g/mol. The van der Waals surface area contributed by atoms with E-state index in [1.807, 2.05) is 30.3 Å². The molecule has 9 heteroatoms. The predicted molar refractivity (Wildman–Crippen MR) is 130 cm³/mol. The quantitative estimate of drug-likeness (QED) is 0.617. The second kappa shape index (κ2) is 8.59. The number of hydrogen-bond acceptors (Lipinski definition) is 8. The highest BCUT2D eigenvalue weighted by Crippen LogP contribution is 2.38. The molecule has 5 rings (SSSR count). The molecule has 1 fully saturated rings. The largest absolute Gasteiger partial charge is 0.339 e. The Hall–Kier alpha value is -3.26. The molecule has 1 saturated heterocycles. The third kappa shape index (κ3) is 4.61. The van der Waals surface area contributed by atoms with Crippen LogP contribution in [-0.4, -0.2) is 51.9 Å². The second-order valence-electron chi connectivity index (χ2n) is 9.29. The van der Waals surface area contributed by atoms with Gasteiger partial charge in [-0.3, -0.25) is 4.79 Å². The lowest BCUT2D eigenvalue weighted by Crippen LogP contribution is -2.48. The van der Waals surface area contributed by atoms with Crippen LogP contribution in [0.5, 0.6) is 0 Å². The van der Waals surface area contributed by atoms with E-state index < -0.39 is 0 Å². The van der Waals surface area contributed by atoms with Crippen molar-refractivity contribution >= 4 is 40.8 Å². The van der Waals surface area contributed by atoms with Gasteiger partial charge in [0.1, 0.15) is 5.82 Å². The summed E-state index contributed by atoms with van der Waals surface area (Å²) >= 11 is 6.04. The summed E-state index contributed by atoms with van der Waals surface area (Å²) in [6.07, 6.45) is 4.73. The number of benzene rings is 1. The fourth-order valence-electron chi connectivity index (χ4n) is 4.42. The van der Waals surface area contributed by atoms with Crippen LogP contribution in [0.3, 0.4) is 0 Å². The van der Waals surface area contributed by atoms with E-state index in [1.54, 1.807) is 12.4 Å². The first-order valence-electron chi connectivity index (χ1n) is 11.1. The molecule has 170 valence electrons. The molecule has 2 aromatic heterocycles. The summed E-state index contributed by atoms with van der Waals surface area (Å²) in [7, 11) is 0. The number of piperazine rings is 1. The Morgan fingerprint density at radius 2 is 1.55 bits per heavy atom. The van der Waals surface area contributed by atoms with E-state index in [2.05, 4.69) is 38.9 Å². The highest BCUT2D eigenvalue weighted by atomic mass is 35.5. The summed E-state index contributed by atoms with van der Waals surface area (Å²) < 4.78 is 0. The fraction of sp³-hybridized carbons (Fsp3) is 0.375. The van der Waals surface area contributed by atoms with Gasteiger partial charge < -0.3 is 15.1 Å². The first-order valence-corrected chi connectivity index (χ1v) is 11.5. The lowest BCUT2D eigenvalue weighted by molar-refractivity contribution is 0.0911. The Kier molecular flexibility index (Phi) is 5.62. The van der Waals surface area contributed by atoms with Gasteiger partial charge in [0.15, 0.2) is 5.78 Å². The summed E-state index contributed by atoms with van der Waals surface area (Å²) in [6, 6.07) is 9.21. The van der Waals surface area contributed by atoms with Gasteiger partial charge in [0.25, 0.3) is 0 Å². The van der Waals surface area contributed by atoms with E-state index in [1.165, 1.54) is 0 Å². The van der Waals surface area contributed by atoms with Gasteiger partial charge in [-0.15, -0.1) is 0 Å². The molecule has 0 radical (unpaired) electrons.